The minimum atomic E-state index is -2.43. The van der Waals surface area contributed by atoms with E-state index < -0.39 is 28.1 Å². The highest BCUT2D eigenvalue weighted by Crippen LogP contribution is 2.71. The van der Waals surface area contributed by atoms with Crippen LogP contribution in [-0.4, -0.2) is 15.4 Å². The van der Waals surface area contributed by atoms with Crippen LogP contribution < -0.4 is 13.7 Å². The highest BCUT2D eigenvalue weighted by Gasteiger charge is 2.67. The quantitative estimate of drug-likeness (QED) is 0.0806. The highest BCUT2D eigenvalue weighted by molar-refractivity contribution is 7.42. The Morgan fingerprint density at radius 3 is 1.32 bits per heavy atom. The van der Waals surface area contributed by atoms with Gasteiger partial charge in [0.2, 0.25) is 0 Å². The second-order valence-electron chi connectivity index (χ2n) is 19.4. The van der Waals surface area contributed by atoms with Crippen LogP contribution in [0.15, 0.2) is 146 Å². The number of ether oxygens (including phenoxy) is 1. The first-order valence-corrected chi connectivity index (χ1v) is 25.9. The Bertz CT molecular complexity index is 2270. The summed E-state index contributed by atoms with van der Waals surface area (Å²) in [4.78, 5) is 0. The third-order valence-corrected chi connectivity index (χ3v) is 20.4. The lowest BCUT2D eigenvalue weighted by molar-refractivity contribution is 0.00370. The van der Waals surface area contributed by atoms with Crippen molar-refractivity contribution < 1.29 is 22.7 Å². The molecule has 5 nitrogen and oxygen atoms in total. The van der Waals surface area contributed by atoms with E-state index in [2.05, 4.69) is 204 Å². The Morgan fingerprint density at radius 1 is 0.556 bits per heavy atom. The molecule has 0 aromatic heterocycles. The number of aryl methyl sites for hydroxylation is 1. The fourth-order valence-electron chi connectivity index (χ4n) is 10.3. The Hall–Kier alpha value is -4.71. The van der Waals surface area contributed by atoms with Gasteiger partial charge in [0.25, 0.3) is 8.32 Å². The Morgan fingerprint density at radius 2 is 0.968 bits per heavy atom. The fraction of sp³-hybridized carbons (Fsp3) is 0.357. The van der Waals surface area contributed by atoms with Crippen LogP contribution in [0.25, 0.3) is 11.1 Å². The zero-order valence-electron chi connectivity index (χ0n) is 39.7. The van der Waals surface area contributed by atoms with Gasteiger partial charge in [0.1, 0.15) is 17.2 Å². The van der Waals surface area contributed by atoms with Crippen LogP contribution in [-0.2, 0) is 25.7 Å². The van der Waals surface area contributed by atoms with Crippen LogP contribution in [0, 0.1) is 6.92 Å². The maximum absolute atomic E-state index is 7.72. The Labute approximate surface area is 380 Å². The summed E-state index contributed by atoms with van der Waals surface area (Å²) < 4.78 is 36.9. The molecule has 0 bridgehead atoms. The molecule has 0 spiro atoms. The van der Waals surface area contributed by atoms with Crippen LogP contribution >= 0.6 is 8.60 Å². The first kappa shape index (κ1) is 46.3. The predicted molar refractivity (Wildman–Crippen MR) is 265 cm³/mol. The molecule has 1 saturated heterocycles. The van der Waals surface area contributed by atoms with E-state index in [1.165, 1.54) is 11.1 Å². The van der Waals surface area contributed by atoms with Crippen molar-refractivity contribution in [3.8, 4) is 28.4 Å². The molecule has 330 valence electrons. The lowest BCUT2D eigenvalue weighted by Crippen LogP contribution is -2.50. The van der Waals surface area contributed by atoms with Crippen molar-refractivity contribution in [2.45, 2.75) is 122 Å². The zero-order valence-corrected chi connectivity index (χ0v) is 41.5. The third kappa shape index (κ3) is 8.30. The summed E-state index contributed by atoms with van der Waals surface area (Å²) in [6.45, 7) is 27.4. The number of benzene rings is 6. The van der Waals surface area contributed by atoms with Crippen molar-refractivity contribution in [3.63, 3.8) is 0 Å². The summed E-state index contributed by atoms with van der Waals surface area (Å²) in [6.07, 6.45) is 0. The smallest absolute Gasteiger partial charge is 0.400 e. The van der Waals surface area contributed by atoms with E-state index in [1.807, 2.05) is 24.3 Å². The largest absolute Gasteiger partial charge is 0.542 e. The molecule has 0 N–H and O–H groups in total. The summed E-state index contributed by atoms with van der Waals surface area (Å²) in [6, 6.07) is 50.8. The zero-order chi connectivity index (χ0) is 45.3. The molecule has 0 radical (unpaired) electrons. The third-order valence-electron chi connectivity index (χ3n) is 13.2. The van der Waals surface area contributed by atoms with Gasteiger partial charge in [-0.1, -0.05) is 197 Å². The van der Waals surface area contributed by atoms with Crippen molar-refractivity contribution >= 4 is 16.9 Å². The molecule has 1 aliphatic rings. The van der Waals surface area contributed by atoms with Crippen LogP contribution in [0.5, 0.6) is 17.2 Å². The molecular formula is C56H67O5PSi. The summed E-state index contributed by atoms with van der Waals surface area (Å²) in [5, 5.41) is 0. The molecule has 0 atom stereocenters. The number of hydrogen-bond acceptors (Lipinski definition) is 5. The molecule has 0 unspecified atom stereocenters. The maximum Gasteiger partial charge on any atom is 0.400 e. The van der Waals surface area contributed by atoms with Crippen molar-refractivity contribution in [2.75, 3.05) is 7.11 Å². The number of hydrogen-bond donors (Lipinski definition) is 0. The van der Waals surface area contributed by atoms with Crippen molar-refractivity contribution in [1.29, 1.82) is 0 Å². The Balaban J connectivity index is 1.55. The first-order valence-electron chi connectivity index (χ1n) is 22.7. The SMILES string of the molecule is COc1cc(-c2cc(C(C)C)c(C)cc2O[Si](C(C)C)(C(C)C)C(C)C)c(OP2OC(c3ccccc3)(c3ccccc3)C(c3ccccc3)(c3ccccc3)O2)c(C(C)(C)C)c1. The number of rotatable bonds is 14. The second kappa shape index (κ2) is 18.4. The van der Waals surface area contributed by atoms with Gasteiger partial charge >= 0.3 is 8.60 Å². The molecular weight excluding hydrogens is 812 g/mol. The van der Waals surface area contributed by atoms with E-state index >= 15 is 0 Å². The standard InChI is InChI=1S/C56H67O5PSi/c1-38(2)48-37-49(52(34-42(48)9)59-63(39(3)4,40(5)6)41(7)8)50-35-47(57-13)36-51(54(10,11)12)53(50)58-62-60-55(43-26-18-14-19-27-43,44-28-20-15-21-29-44)56(61-62,45-30-22-16-23-31-45)46-32-24-17-25-33-46/h14-41H,1-13H3. The van der Waals surface area contributed by atoms with Crippen LogP contribution in [0.3, 0.4) is 0 Å². The van der Waals surface area contributed by atoms with Gasteiger partial charge in [-0.2, -0.15) is 0 Å². The van der Waals surface area contributed by atoms with Gasteiger partial charge in [-0.05, 0) is 92.5 Å². The first-order chi connectivity index (χ1) is 30.0. The molecule has 6 aromatic carbocycles. The number of methoxy groups -OCH3 is 1. The van der Waals surface area contributed by atoms with Crippen LogP contribution in [0.4, 0.5) is 0 Å². The van der Waals surface area contributed by atoms with Crippen molar-refractivity contribution in [1.82, 2.24) is 0 Å². The lowest BCUT2D eigenvalue weighted by atomic mass is 9.66. The fourth-order valence-corrected chi connectivity index (χ4v) is 17.1. The molecule has 0 amide bonds. The molecule has 0 aliphatic carbocycles. The van der Waals surface area contributed by atoms with Gasteiger partial charge < -0.3 is 13.7 Å². The van der Waals surface area contributed by atoms with Gasteiger partial charge in [-0.25, -0.2) is 0 Å². The van der Waals surface area contributed by atoms with Crippen LogP contribution in [0.2, 0.25) is 16.6 Å². The summed E-state index contributed by atoms with van der Waals surface area (Å²) in [7, 11) is -2.84. The van der Waals surface area contributed by atoms with Gasteiger partial charge in [-0.3, -0.25) is 9.05 Å². The van der Waals surface area contributed by atoms with Crippen LogP contribution in [0.1, 0.15) is 121 Å². The van der Waals surface area contributed by atoms with E-state index in [9.17, 15) is 0 Å². The molecule has 0 saturated carbocycles. The summed E-state index contributed by atoms with van der Waals surface area (Å²) in [5.74, 6) is 2.59. The van der Waals surface area contributed by atoms with E-state index in [4.69, 9.17) is 22.7 Å². The normalized spacial score (nSPS) is 15.4. The van der Waals surface area contributed by atoms with Gasteiger partial charge in [0, 0.05) is 16.7 Å². The van der Waals surface area contributed by atoms with Gasteiger partial charge in [0.15, 0.2) is 11.2 Å². The van der Waals surface area contributed by atoms with E-state index in [0.29, 0.717) is 22.4 Å². The molecule has 7 heteroatoms. The van der Waals surface area contributed by atoms with Gasteiger partial charge in [-0.15, -0.1) is 0 Å². The average Bonchev–Trinajstić information content (AvgIpc) is 3.62. The van der Waals surface area contributed by atoms with E-state index in [1.54, 1.807) is 7.11 Å². The molecule has 1 fully saturated rings. The minimum absolute atomic E-state index is 0.276. The molecule has 63 heavy (non-hydrogen) atoms. The summed E-state index contributed by atoms with van der Waals surface area (Å²) >= 11 is 0. The second-order valence-corrected chi connectivity index (χ2v) is 25.8. The lowest BCUT2D eigenvalue weighted by Gasteiger charge is -2.43. The molecule has 1 heterocycles. The maximum atomic E-state index is 7.72. The summed E-state index contributed by atoms with van der Waals surface area (Å²) in [5.41, 5.74) is 7.51. The van der Waals surface area contributed by atoms with Gasteiger partial charge in [0.05, 0.1) is 7.11 Å². The molecule has 7 rings (SSSR count). The van der Waals surface area contributed by atoms with E-state index in [-0.39, 0.29) is 11.3 Å². The minimum Gasteiger partial charge on any atom is -0.542 e. The predicted octanol–water partition coefficient (Wildman–Crippen LogP) is 16.2. The van der Waals surface area contributed by atoms with Crippen molar-refractivity contribution in [3.05, 3.63) is 185 Å². The monoisotopic (exact) mass is 878 g/mol. The molecule has 1 aliphatic heterocycles. The highest BCUT2D eigenvalue weighted by atomic mass is 31.2. The van der Waals surface area contributed by atoms with E-state index in [0.717, 1.165) is 50.4 Å². The van der Waals surface area contributed by atoms with Crippen molar-refractivity contribution in [2.24, 2.45) is 0 Å². The molecule has 6 aromatic rings. The Kier molecular flexibility index (Phi) is 13.5. The topological polar surface area (TPSA) is 46.2 Å². The average molecular weight is 879 g/mol.